The summed E-state index contributed by atoms with van der Waals surface area (Å²) in [5.41, 5.74) is 0. The molecule has 0 aromatic carbocycles. The van der Waals surface area contributed by atoms with E-state index in [4.69, 9.17) is 11.6 Å². The highest BCUT2D eigenvalue weighted by molar-refractivity contribution is 6.29. The minimum absolute atomic E-state index is 0.456. The van der Waals surface area contributed by atoms with Crippen LogP contribution in [0.25, 0.3) is 5.82 Å². The van der Waals surface area contributed by atoms with Gasteiger partial charge < -0.3 is 0 Å². The molecule has 0 N–H and O–H groups in total. The molecule has 2 heterocycles. The van der Waals surface area contributed by atoms with Crippen LogP contribution in [-0.2, 0) is 0 Å². The molecule has 0 amide bonds. The summed E-state index contributed by atoms with van der Waals surface area (Å²) in [5, 5.41) is 4.46. The van der Waals surface area contributed by atoms with Gasteiger partial charge in [-0.25, -0.2) is 19.6 Å². The van der Waals surface area contributed by atoms with Gasteiger partial charge >= 0.3 is 0 Å². The maximum absolute atomic E-state index is 5.93. The van der Waals surface area contributed by atoms with Crippen molar-refractivity contribution in [1.29, 1.82) is 0 Å². The maximum Gasteiger partial charge on any atom is 0.160 e. The number of hydrogen-bond acceptors (Lipinski definition) is 4. The van der Waals surface area contributed by atoms with E-state index in [-0.39, 0.29) is 0 Å². The van der Waals surface area contributed by atoms with Crippen molar-refractivity contribution in [3.63, 3.8) is 0 Å². The van der Waals surface area contributed by atoms with E-state index in [1.807, 2.05) is 0 Å². The number of halogens is 1. The van der Waals surface area contributed by atoms with E-state index in [0.29, 0.717) is 16.9 Å². The average Bonchev–Trinajstić information content (AvgIpc) is 2.93. The molecule has 3 rings (SSSR count). The van der Waals surface area contributed by atoms with Crippen LogP contribution in [0.2, 0.25) is 5.15 Å². The first kappa shape index (κ1) is 8.79. The Bertz CT molecular complexity index is 477. The predicted molar refractivity (Wildman–Crippen MR) is 53.9 cm³/mol. The smallest absolute Gasteiger partial charge is 0.160 e. The molecular formula is C9H8ClN5. The van der Waals surface area contributed by atoms with Crippen LogP contribution in [0, 0.1) is 0 Å². The zero-order chi connectivity index (χ0) is 10.3. The number of nitrogens with zero attached hydrogens (tertiary/aromatic N) is 5. The van der Waals surface area contributed by atoms with Gasteiger partial charge in [-0.15, -0.1) is 0 Å². The molecule has 15 heavy (non-hydrogen) atoms. The molecule has 2 aromatic rings. The van der Waals surface area contributed by atoms with Crippen molar-refractivity contribution in [1.82, 2.24) is 24.7 Å². The quantitative estimate of drug-likeness (QED) is 0.723. The van der Waals surface area contributed by atoms with E-state index in [1.165, 1.54) is 6.33 Å². The molecule has 1 aliphatic rings. The highest BCUT2D eigenvalue weighted by Crippen LogP contribution is 2.38. The van der Waals surface area contributed by atoms with Crippen molar-refractivity contribution in [3.05, 3.63) is 29.7 Å². The molecule has 0 aliphatic heterocycles. The van der Waals surface area contributed by atoms with Crippen LogP contribution in [0.15, 0.2) is 18.7 Å². The summed E-state index contributed by atoms with van der Waals surface area (Å²) < 4.78 is 1.58. The molecule has 2 aromatic heterocycles. The standard InChI is InChI=1S/C9H8ClN5/c10-7-3-8(15-5-11-4-12-15)14-9(13-7)6-1-2-6/h3-6H,1-2H2. The van der Waals surface area contributed by atoms with Crippen molar-refractivity contribution < 1.29 is 0 Å². The molecule has 0 saturated heterocycles. The first-order chi connectivity index (χ1) is 7.33. The Hall–Kier alpha value is -1.49. The Morgan fingerprint density at radius 3 is 2.87 bits per heavy atom. The van der Waals surface area contributed by atoms with Crippen molar-refractivity contribution in [2.24, 2.45) is 0 Å². The molecule has 6 heteroatoms. The lowest BCUT2D eigenvalue weighted by molar-refractivity contribution is 0.808. The summed E-state index contributed by atoms with van der Waals surface area (Å²) in [6.45, 7) is 0. The van der Waals surface area contributed by atoms with Gasteiger partial charge in [-0.05, 0) is 12.8 Å². The number of hydrogen-bond donors (Lipinski definition) is 0. The van der Waals surface area contributed by atoms with Crippen molar-refractivity contribution >= 4 is 11.6 Å². The Labute approximate surface area is 91.1 Å². The van der Waals surface area contributed by atoms with E-state index in [9.17, 15) is 0 Å². The molecule has 1 saturated carbocycles. The van der Waals surface area contributed by atoms with Crippen LogP contribution >= 0.6 is 11.6 Å². The zero-order valence-electron chi connectivity index (χ0n) is 7.84. The molecule has 0 atom stereocenters. The van der Waals surface area contributed by atoms with Gasteiger partial charge in [-0.2, -0.15) is 5.10 Å². The van der Waals surface area contributed by atoms with Gasteiger partial charge in [0, 0.05) is 12.0 Å². The predicted octanol–water partition coefficient (Wildman–Crippen LogP) is 1.59. The molecule has 5 nitrogen and oxygen atoms in total. The van der Waals surface area contributed by atoms with Crippen molar-refractivity contribution in [2.45, 2.75) is 18.8 Å². The Morgan fingerprint density at radius 1 is 1.33 bits per heavy atom. The first-order valence-corrected chi connectivity index (χ1v) is 5.10. The summed E-state index contributed by atoms with van der Waals surface area (Å²) in [5.74, 6) is 1.97. The topological polar surface area (TPSA) is 56.5 Å². The number of aromatic nitrogens is 5. The van der Waals surface area contributed by atoms with Crippen LogP contribution in [0.3, 0.4) is 0 Å². The lowest BCUT2D eigenvalue weighted by Crippen LogP contribution is -2.02. The molecule has 0 unspecified atom stereocenters. The van der Waals surface area contributed by atoms with Crippen molar-refractivity contribution in [3.8, 4) is 5.82 Å². The fourth-order valence-electron chi connectivity index (χ4n) is 1.39. The minimum atomic E-state index is 0.456. The van der Waals surface area contributed by atoms with E-state index >= 15 is 0 Å². The summed E-state index contributed by atoms with van der Waals surface area (Å²) >= 11 is 5.93. The first-order valence-electron chi connectivity index (χ1n) is 4.72. The van der Waals surface area contributed by atoms with Crippen LogP contribution in [0.5, 0.6) is 0 Å². The van der Waals surface area contributed by atoms with Crippen LogP contribution in [-0.4, -0.2) is 24.7 Å². The van der Waals surface area contributed by atoms with E-state index in [2.05, 4.69) is 20.1 Å². The van der Waals surface area contributed by atoms with Crippen LogP contribution < -0.4 is 0 Å². The van der Waals surface area contributed by atoms with Gasteiger partial charge in [0.25, 0.3) is 0 Å². The largest absolute Gasteiger partial charge is 0.223 e. The molecule has 0 spiro atoms. The van der Waals surface area contributed by atoms with Crippen LogP contribution in [0.1, 0.15) is 24.6 Å². The summed E-state index contributed by atoms with van der Waals surface area (Å²) in [6, 6.07) is 1.68. The third-order valence-electron chi connectivity index (χ3n) is 2.29. The van der Waals surface area contributed by atoms with E-state index < -0.39 is 0 Å². The lowest BCUT2D eigenvalue weighted by Gasteiger charge is -2.02. The van der Waals surface area contributed by atoms with Crippen LogP contribution in [0.4, 0.5) is 0 Å². The van der Waals surface area contributed by atoms with Gasteiger partial charge in [-0.1, -0.05) is 11.6 Å². The van der Waals surface area contributed by atoms with Crippen molar-refractivity contribution in [2.75, 3.05) is 0 Å². The third-order valence-corrected chi connectivity index (χ3v) is 2.49. The second-order valence-electron chi connectivity index (χ2n) is 3.52. The molecule has 1 aliphatic carbocycles. The summed E-state index contributed by atoms with van der Waals surface area (Å²) in [7, 11) is 0. The monoisotopic (exact) mass is 221 g/mol. The molecule has 76 valence electrons. The normalized spacial score (nSPS) is 15.5. The highest BCUT2D eigenvalue weighted by atomic mass is 35.5. The van der Waals surface area contributed by atoms with Gasteiger partial charge in [0.15, 0.2) is 5.82 Å². The number of rotatable bonds is 2. The molecular weight excluding hydrogens is 214 g/mol. The molecule has 0 bridgehead atoms. The molecule has 1 fully saturated rings. The van der Waals surface area contributed by atoms with E-state index in [1.54, 1.807) is 17.1 Å². The second kappa shape index (κ2) is 3.27. The van der Waals surface area contributed by atoms with Gasteiger partial charge in [0.05, 0.1) is 0 Å². The average molecular weight is 222 g/mol. The fraction of sp³-hybridized carbons (Fsp3) is 0.333. The SMILES string of the molecule is Clc1cc(-n2cncn2)nc(C2CC2)n1. The summed E-state index contributed by atoms with van der Waals surface area (Å²) in [4.78, 5) is 12.5. The van der Waals surface area contributed by atoms with E-state index in [0.717, 1.165) is 18.7 Å². The Morgan fingerprint density at radius 2 is 2.20 bits per heavy atom. The summed E-state index contributed by atoms with van der Waals surface area (Å²) in [6.07, 6.45) is 5.36. The van der Waals surface area contributed by atoms with Gasteiger partial charge in [0.2, 0.25) is 0 Å². The highest BCUT2D eigenvalue weighted by Gasteiger charge is 2.27. The zero-order valence-corrected chi connectivity index (χ0v) is 8.59. The lowest BCUT2D eigenvalue weighted by atomic mass is 10.4. The fourth-order valence-corrected chi connectivity index (χ4v) is 1.58. The van der Waals surface area contributed by atoms with Gasteiger partial charge in [0.1, 0.15) is 23.6 Å². The minimum Gasteiger partial charge on any atom is -0.223 e. The maximum atomic E-state index is 5.93. The third kappa shape index (κ3) is 1.70. The Kier molecular flexibility index (Phi) is 1.92. The molecule has 0 radical (unpaired) electrons. The van der Waals surface area contributed by atoms with Gasteiger partial charge in [-0.3, -0.25) is 0 Å². The second-order valence-corrected chi connectivity index (χ2v) is 3.91. The Balaban J connectivity index is 2.07.